The number of carbonyl (C=O) groups is 1. The molecule has 4 nitrogen and oxygen atoms in total. The number of nitrogens with zero attached hydrogens (tertiary/aromatic N) is 1. The van der Waals surface area contributed by atoms with Crippen LogP contribution in [0.1, 0.15) is 12.1 Å². The van der Waals surface area contributed by atoms with Crippen LogP contribution in [0.2, 0.25) is 0 Å². The molecule has 0 spiro atoms. The van der Waals surface area contributed by atoms with Crippen molar-refractivity contribution in [2.45, 2.75) is 12.8 Å². The van der Waals surface area contributed by atoms with Crippen molar-refractivity contribution in [2.75, 3.05) is 0 Å². The van der Waals surface area contributed by atoms with Gasteiger partial charge in [0.15, 0.2) is 5.58 Å². The summed E-state index contributed by atoms with van der Waals surface area (Å²) < 4.78 is 6.07. The van der Waals surface area contributed by atoms with Gasteiger partial charge in [-0.25, -0.2) is 0 Å². The Morgan fingerprint density at radius 2 is 2.33 bits per heavy atom. The van der Waals surface area contributed by atoms with Crippen molar-refractivity contribution >= 4 is 32.8 Å². The minimum atomic E-state index is -0.330. The lowest BCUT2D eigenvalue weighted by atomic mass is 10.1. The number of primary amides is 1. The first-order chi connectivity index (χ1) is 7.16. The van der Waals surface area contributed by atoms with E-state index in [2.05, 4.69) is 21.1 Å². The van der Waals surface area contributed by atoms with Gasteiger partial charge in [-0.2, -0.15) is 0 Å². The van der Waals surface area contributed by atoms with Crippen molar-refractivity contribution in [3.8, 4) is 0 Å². The second-order valence-corrected chi connectivity index (χ2v) is 4.15. The standard InChI is InChI=1S/C10H9BrN2O2/c11-6-1-2-7-8(3-4-10(12)14)13-15-9(7)5-6/h1-2,5H,3-4H2,(H2,12,14). The highest BCUT2D eigenvalue weighted by molar-refractivity contribution is 9.10. The van der Waals surface area contributed by atoms with Crippen molar-refractivity contribution in [2.24, 2.45) is 5.73 Å². The van der Waals surface area contributed by atoms with Gasteiger partial charge in [0.25, 0.3) is 0 Å². The molecular weight excluding hydrogens is 260 g/mol. The highest BCUT2D eigenvalue weighted by atomic mass is 79.9. The molecule has 0 saturated carbocycles. The number of rotatable bonds is 3. The number of halogens is 1. The SMILES string of the molecule is NC(=O)CCc1noc2cc(Br)ccc12. The van der Waals surface area contributed by atoms with E-state index in [1.165, 1.54) is 0 Å². The Morgan fingerprint density at radius 1 is 1.53 bits per heavy atom. The van der Waals surface area contributed by atoms with Crippen LogP contribution >= 0.6 is 15.9 Å². The molecule has 0 saturated heterocycles. The first kappa shape index (κ1) is 10.2. The molecular formula is C10H9BrN2O2. The van der Waals surface area contributed by atoms with Gasteiger partial charge < -0.3 is 10.3 Å². The summed E-state index contributed by atoms with van der Waals surface area (Å²) in [6, 6.07) is 5.66. The van der Waals surface area contributed by atoms with Crippen LogP contribution in [0.5, 0.6) is 0 Å². The number of benzene rings is 1. The van der Waals surface area contributed by atoms with Crippen LogP contribution in [0.4, 0.5) is 0 Å². The predicted octanol–water partition coefficient (Wildman–Crippen LogP) is 2.01. The molecule has 0 unspecified atom stereocenters. The van der Waals surface area contributed by atoms with Gasteiger partial charge in [-0.15, -0.1) is 0 Å². The van der Waals surface area contributed by atoms with Crippen molar-refractivity contribution < 1.29 is 9.32 Å². The van der Waals surface area contributed by atoms with Gasteiger partial charge in [0.2, 0.25) is 5.91 Å². The molecule has 1 amide bonds. The smallest absolute Gasteiger partial charge is 0.217 e. The number of hydrogen-bond donors (Lipinski definition) is 1. The second-order valence-electron chi connectivity index (χ2n) is 3.24. The Labute approximate surface area is 94.5 Å². The molecule has 0 aliphatic carbocycles. The summed E-state index contributed by atoms with van der Waals surface area (Å²) in [5.74, 6) is -0.330. The maximum absolute atomic E-state index is 10.6. The molecule has 2 aromatic rings. The zero-order valence-electron chi connectivity index (χ0n) is 7.87. The van der Waals surface area contributed by atoms with Gasteiger partial charge in [-0.3, -0.25) is 4.79 Å². The molecule has 0 bridgehead atoms. The third kappa shape index (κ3) is 2.18. The van der Waals surface area contributed by atoms with E-state index in [0.717, 1.165) is 15.6 Å². The molecule has 1 heterocycles. The molecule has 0 radical (unpaired) electrons. The van der Waals surface area contributed by atoms with Gasteiger partial charge in [0, 0.05) is 22.7 Å². The Kier molecular flexibility index (Phi) is 2.73. The highest BCUT2D eigenvalue weighted by Gasteiger charge is 2.08. The summed E-state index contributed by atoms with van der Waals surface area (Å²) in [6.07, 6.45) is 0.807. The molecule has 1 aromatic heterocycles. The molecule has 2 N–H and O–H groups in total. The van der Waals surface area contributed by atoms with Crippen molar-refractivity contribution in [3.05, 3.63) is 28.4 Å². The monoisotopic (exact) mass is 268 g/mol. The van der Waals surface area contributed by atoms with Crippen LogP contribution in [0.3, 0.4) is 0 Å². The van der Waals surface area contributed by atoms with E-state index in [1.807, 2.05) is 18.2 Å². The summed E-state index contributed by atoms with van der Waals surface area (Å²) in [7, 11) is 0. The Balaban J connectivity index is 2.32. The van der Waals surface area contributed by atoms with Crippen molar-refractivity contribution in [3.63, 3.8) is 0 Å². The molecule has 1 aromatic carbocycles. The number of carbonyl (C=O) groups excluding carboxylic acids is 1. The van der Waals surface area contributed by atoms with Crippen LogP contribution < -0.4 is 5.73 Å². The lowest BCUT2D eigenvalue weighted by Crippen LogP contribution is -2.11. The number of aryl methyl sites for hydroxylation is 1. The average Bonchev–Trinajstić information content (AvgIpc) is 2.57. The van der Waals surface area contributed by atoms with E-state index in [0.29, 0.717) is 12.0 Å². The number of nitrogens with two attached hydrogens (primary N) is 1. The van der Waals surface area contributed by atoms with E-state index in [9.17, 15) is 4.79 Å². The van der Waals surface area contributed by atoms with Gasteiger partial charge in [0.1, 0.15) is 0 Å². The fraction of sp³-hybridized carbons (Fsp3) is 0.200. The van der Waals surface area contributed by atoms with Gasteiger partial charge in [-0.05, 0) is 18.2 Å². The zero-order valence-corrected chi connectivity index (χ0v) is 9.45. The highest BCUT2D eigenvalue weighted by Crippen LogP contribution is 2.23. The summed E-state index contributed by atoms with van der Waals surface area (Å²) in [4.78, 5) is 10.6. The first-order valence-corrected chi connectivity index (χ1v) is 5.28. The van der Waals surface area contributed by atoms with Crippen LogP contribution in [0.25, 0.3) is 11.0 Å². The Morgan fingerprint density at radius 3 is 3.07 bits per heavy atom. The minimum absolute atomic E-state index is 0.289. The van der Waals surface area contributed by atoms with Gasteiger partial charge >= 0.3 is 0 Å². The van der Waals surface area contributed by atoms with Crippen LogP contribution in [0.15, 0.2) is 27.2 Å². The molecule has 2 rings (SSSR count). The minimum Gasteiger partial charge on any atom is -0.370 e. The summed E-state index contributed by atoms with van der Waals surface area (Å²) >= 11 is 3.34. The normalized spacial score (nSPS) is 10.7. The van der Waals surface area contributed by atoms with E-state index < -0.39 is 0 Å². The third-order valence-corrected chi connectivity index (χ3v) is 2.61. The quantitative estimate of drug-likeness (QED) is 0.926. The average molecular weight is 269 g/mol. The fourth-order valence-electron chi connectivity index (χ4n) is 1.39. The van der Waals surface area contributed by atoms with Gasteiger partial charge in [0.05, 0.1) is 5.69 Å². The first-order valence-electron chi connectivity index (χ1n) is 4.49. The maximum Gasteiger partial charge on any atom is 0.217 e. The number of fused-ring (bicyclic) bond motifs is 1. The van der Waals surface area contributed by atoms with Gasteiger partial charge in [-0.1, -0.05) is 21.1 Å². The lowest BCUT2D eigenvalue weighted by molar-refractivity contribution is -0.118. The summed E-state index contributed by atoms with van der Waals surface area (Å²) in [5.41, 5.74) is 6.56. The van der Waals surface area contributed by atoms with Crippen LogP contribution in [-0.2, 0) is 11.2 Å². The van der Waals surface area contributed by atoms with E-state index in [4.69, 9.17) is 10.3 Å². The fourth-order valence-corrected chi connectivity index (χ4v) is 1.73. The molecule has 78 valence electrons. The second kappa shape index (κ2) is 4.02. The number of aromatic nitrogens is 1. The molecule has 15 heavy (non-hydrogen) atoms. The van der Waals surface area contributed by atoms with Crippen LogP contribution in [0, 0.1) is 0 Å². The number of amides is 1. The Bertz CT molecular complexity index is 507. The predicted molar refractivity (Wildman–Crippen MR) is 59.2 cm³/mol. The molecule has 0 aliphatic heterocycles. The van der Waals surface area contributed by atoms with Crippen molar-refractivity contribution in [1.29, 1.82) is 0 Å². The molecule has 0 fully saturated rings. The molecule has 5 heteroatoms. The zero-order chi connectivity index (χ0) is 10.8. The maximum atomic E-state index is 10.6. The summed E-state index contributed by atoms with van der Waals surface area (Å²) in [5, 5.41) is 4.83. The summed E-state index contributed by atoms with van der Waals surface area (Å²) in [6.45, 7) is 0. The van der Waals surface area contributed by atoms with Crippen LogP contribution in [-0.4, -0.2) is 11.1 Å². The van der Waals surface area contributed by atoms with E-state index in [-0.39, 0.29) is 12.3 Å². The molecule has 0 atom stereocenters. The molecule has 0 aliphatic rings. The Hall–Kier alpha value is -1.36. The topological polar surface area (TPSA) is 69.1 Å². The van der Waals surface area contributed by atoms with E-state index in [1.54, 1.807) is 0 Å². The van der Waals surface area contributed by atoms with E-state index >= 15 is 0 Å². The lowest BCUT2D eigenvalue weighted by Gasteiger charge is -1.93. The largest absolute Gasteiger partial charge is 0.370 e. The number of hydrogen-bond acceptors (Lipinski definition) is 3. The van der Waals surface area contributed by atoms with Crippen molar-refractivity contribution in [1.82, 2.24) is 5.16 Å². The third-order valence-electron chi connectivity index (χ3n) is 2.12.